The third kappa shape index (κ3) is 1.69. The van der Waals surface area contributed by atoms with Crippen molar-refractivity contribution in [2.24, 2.45) is 5.41 Å². The van der Waals surface area contributed by atoms with E-state index in [1.165, 1.54) is 0 Å². The first-order valence-corrected chi connectivity index (χ1v) is 5.88. The summed E-state index contributed by atoms with van der Waals surface area (Å²) < 4.78 is 0. The van der Waals surface area contributed by atoms with Gasteiger partial charge in [-0.3, -0.25) is 4.79 Å². The minimum absolute atomic E-state index is 0.0746. The molecule has 0 aromatic heterocycles. The Morgan fingerprint density at radius 3 is 2.31 bits per heavy atom. The van der Waals surface area contributed by atoms with Gasteiger partial charge in [-0.25, -0.2) is 0 Å². The molecular weight excluding hydrogens is 204 g/mol. The highest BCUT2D eigenvalue weighted by Crippen LogP contribution is 2.38. The average Bonchev–Trinajstić information content (AvgIpc) is 2.50. The van der Waals surface area contributed by atoms with Crippen LogP contribution in [-0.2, 0) is 4.79 Å². The molecule has 0 saturated carbocycles. The van der Waals surface area contributed by atoms with E-state index in [0.717, 1.165) is 12.8 Å². The maximum Gasteiger partial charge on any atom is 0.242 e. The number of hydrogen-bond donors (Lipinski definition) is 1. The number of aliphatic hydroxyl groups excluding tert-OH is 1. The summed E-state index contributed by atoms with van der Waals surface area (Å²) in [7, 11) is 0. The number of piperidine rings is 1. The lowest BCUT2D eigenvalue weighted by Crippen LogP contribution is -2.52. The molecule has 0 aromatic rings. The molecular formula is C12H18N2O2. The molecule has 2 fully saturated rings. The van der Waals surface area contributed by atoms with E-state index in [0.29, 0.717) is 12.8 Å². The van der Waals surface area contributed by atoms with Gasteiger partial charge >= 0.3 is 0 Å². The van der Waals surface area contributed by atoms with Crippen LogP contribution in [0, 0.1) is 16.7 Å². The predicted molar refractivity (Wildman–Crippen MR) is 58.3 cm³/mol. The van der Waals surface area contributed by atoms with Crippen LogP contribution < -0.4 is 0 Å². The summed E-state index contributed by atoms with van der Waals surface area (Å²) in [6.45, 7) is 3.33. The van der Waals surface area contributed by atoms with Crippen LogP contribution in [0.4, 0.5) is 0 Å². The number of fused-ring (bicyclic) bond motifs is 2. The number of hydrogen-bond acceptors (Lipinski definition) is 3. The fourth-order valence-electron chi connectivity index (χ4n) is 2.85. The normalized spacial score (nSPS) is 33.6. The van der Waals surface area contributed by atoms with Gasteiger partial charge in [0.25, 0.3) is 0 Å². The Morgan fingerprint density at radius 2 is 1.88 bits per heavy atom. The molecule has 2 unspecified atom stereocenters. The molecule has 0 spiro atoms. The van der Waals surface area contributed by atoms with E-state index >= 15 is 0 Å². The van der Waals surface area contributed by atoms with Crippen molar-refractivity contribution in [1.29, 1.82) is 5.26 Å². The molecule has 2 heterocycles. The van der Waals surface area contributed by atoms with Gasteiger partial charge in [-0.15, -0.1) is 0 Å². The van der Waals surface area contributed by atoms with Crippen molar-refractivity contribution in [2.75, 3.05) is 0 Å². The smallest absolute Gasteiger partial charge is 0.242 e. The standard InChI is InChI=1S/C12H18N2O2/c1-12(2,7-13)11(16)14-8-3-4-9(14)6-10(15)5-8/h8-10,15H,3-6H2,1-2H3. The molecule has 0 aromatic carbocycles. The second-order valence-corrected chi connectivity index (χ2v) is 5.46. The van der Waals surface area contributed by atoms with Crippen LogP contribution in [0.25, 0.3) is 0 Å². The fraction of sp³-hybridized carbons (Fsp3) is 0.833. The number of rotatable bonds is 1. The van der Waals surface area contributed by atoms with Crippen molar-refractivity contribution in [3.63, 3.8) is 0 Å². The summed E-state index contributed by atoms with van der Waals surface area (Å²) in [6, 6.07) is 2.36. The van der Waals surface area contributed by atoms with Crippen LogP contribution in [0.3, 0.4) is 0 Å². The van der Waals surface area contributed by atoms with Crippen LogP contribution >= 0.6 is 0 Å². The van der Waals surface area contributed by atoms with Crippen molar-refractivity contribution in [2.45, 2.75) is 57.7 Å². The number of carbonyl (C=O) groups is 1. The Morgan fingerprint density at radius 1 is 1.38 bits per heavy atom. The molecule has 2 saturated heterocycles. The lowest BCUT2D eigenvalue weighted by Gasteiger charge is -2.39. The molecule has 2 aliphatic heterocycles. The van der Waals surface area contributed by atoms with Gasteiger partial charge in [0.1, 0.15) is 5.41 Å². The third-order valence-electron chi connectivity index (χ3n) is 3.76. The number of nitriles is 1. The van der Waals surface area contributed by atoms with Gasteiger partial charge in [0.2, 0.25) is 5.91 Å². The monoisotopic (exact) mass is 222 g/mol. The predicted octanol–water partition coefficient (Wildman–Crippen LogP) is 1.05. The zero-order valence-corrected chi connectivity index (χ0v) is 9.81. The third-order valence-corrected chi connectivity index (χ3v) is 3.76. The molecule has 2 rings (SSSR count). The average molecular weight is 222 g/mol. The zero-order chi connectivity index (χ0) is 11.9. The fourth-order valence-corrected chi connectivity index (χ4v) is 2.85. The van der Waals surface area contributed by atoms with E-state index in [9.17, 15) is 9.90 Å². The van der Waals surface area contributed by atoms with Crippen molar-refractivity contribution < 1.29 is 9.90 Å². The quantitative estimate of drug-likeness (QED) is 0.721. The number of nitrogens with zero attached hydrogens (tertiary/aromatic N) is 2. The van der Waals surface area contributed by atoms with Gasteiger partial charge in [-0.1, -0.05) is 0 Å². The summed E-state index contributed by atoms with van der Waals surface area (Å²) in [6.07, 6.45) is 3.00. The highest BCUT2D eigenvalue weighted by molar-refractivity contribution is 5.85. The van der Waals surface area contributed by atoms with Gasteiger partial charge in [-0.2, -0.15) is 5.26 Å². The van der Waals surface area contributed by atoms with E-state index < -0.39 is 5.41 Å². The SMILES string of the molecule is CC(C)(C#N)C(=O)N1C2CCC1CC(O)C2. The minimum Gasteiger partial charge on any atom is -0.393 e. The van der Waals surface area contributed by atoms with E-state index in [2.05, 4.69) is 6.07 Å². The molecule has 0 radical (unpaired) electrons. The summed E-state index contributed by atoms with van der Waals surface area (Å²) in [4.78, 5) is 14.1. The largest absolute Gasteiger partial charge is 0.393 e. The lowest BCUT2D eigenvalue weighted by molar-refractivity contribution is -0.144. The van der Waals surface area contributed by atoms with Crippen molar-refractivity contribution in [3.8, 4) is 6.07 Å². The van der Waals surface area contributed by atoms with Crippen LogP contribution in [-0.4, -0.2) is 34.1 Å². The molecule has 16 heavy (non-hydrogen) atoms. The highest BCUT2D eigenvalue weighted by Gasteiger charge is 2.46. The molecule has 0 aliphatic carbocycles. The maximum absolute atomic E-state index is 12.2. The summed E-state index contributed by atoms with van der Waals surface area (Å²) in [5.74, 6) is -0.0746. The Kier molecular flexibility index (Phi) is 2.67. The number of carbonyl (C=O) groups excluding carboxylic acids is 1. The molecule has 2 aliphatic rings. The molecule has 4 heteroatoms. The topological polar surface area (TPSA) is 64.3 Å². The van der Waals surface area contributed by atoms with Gasteiger partial charge in [0.05, 0.1) is 12.2 Å². The van der Waals surface area contributed by atoms with E-state index in [-0.39, 0.29) is 24.1 Å². The Labute approximate surface area is 95.9 Å². The first-order valence-electron chi connectivity index (χ1n) is 5.88. The van der Waals surface area contributed by atoms with E-state index in [1.54, 1.807) is 13.8 Å². The first-order chi connectivity index (χ1) is 7.45. The van der Waals surface area contributed by atoms with Crippen LogP contribution in [0.15, 0.2) is 0 Å². The minimum atomic E-state index is -0.941. The highest BCUT2D eigenvalue weighted by atomic mass is 16.3. The summed E-state index contributed by atoms with van der Waals surface area (Å²) in [5.41, 5.74) is -0.941. The van der Waals surface area contributed by atoms with Gasteiger partial charge in [-0.05, 0) is 39.5 Å². The molecule has 2 bridgehead atoms. The van der Waals surface area contributed by atoms with Crippen molar-refractivity contribution in [3.05, 3.63) is 0 Å². The van der Waals surface area contributed by atoms with Crippen molar-refractivity contribution >= 4 is 5.91 Å². The Balaban J connectivity index is 2.18. The van der Waals surface area contributed by atoms with Crippen LogP contribution in [0.1, 0.15) is 39.5 Å². The molecule has 4 nitrogen and oxygen atoms in total. The van der Waals surface area contributed by atoms with E-state index in [1.807, 2.05) is 4.90 Å². The molecule has 1 N–H and O–H groups in total. The second kappa shape index (κ2) is 3.74. The molecule has 1 amide bonds. The van der Waals surface area contributed by atoms with Crippen molar-refractivity contribution in [1.82, 2.24) is 4.90 Å². The Bertz CT molecular complexity index is 331. The lowest BCUT2D eigenvalue weighted by atomic mass is 9.90. The zero-order valence-electron chi connectivity index (χ0n) is 9.81. The van der Waals surface area contributed by atoms with E-state index in [4.69, 9.17) is 5.26 Å². The van der Waals surface area contributed by atoms with Crippen LogP contribution in [0.5, 0.6) is 0 Å². The second-order valence-electron chi connectivity index (χ2n) is 5.46. The number of aliphatic hydroxyl groups is 1. The first kappa shape index (κ1) is 11.4. The molecule has 2 atom stereocenters. The summed E-state index contributed by atoms with van der Waals surface area (Å²) in [5, 5.41) is 18.6. The van der Waals surface area contributed by atoms with Gasteiger partial charge in [0, 0.05) is 12.1 Å². The maximum atomic E-state index is 12.2. The summed E-state index contributed by atoms with van der Waals surface area (Å²) >= 11 is 0. The van der Waals surface area contributed by atoms with Gasteiger partial charge < -0.3 is 10.0 Å². The van der Waals surface area contributed by atoms with Gasteiger partial charge in [0.15, 0.2) is 0 Å². The molecule has 88 valence electrons. The van der Waals surface area contributed by atoms with Crippen LogP contribution in [0.2, 0.25) is 0 Å². The Hall–Kier alpha value is -1.08. The number of amides is 1.